The third-order valence-corrected chi connectivity index (χ3v) is 5.40. The topological polar surface area (TPSA) is 93.4 Å². The van der Waals surface area contributed by atoms with Gasteiger partial charge in [-0.2, -0.15) is 10.1 Å². The predicted octanol–water partition coefficient (Wildman–Crippen LogP) is 4.90. The molecule has 4 rings (SSSR count). The van der Waals surface area contributed by atoms with E-state index in [0.717, 1.165) is 29.4 Å². The Hall–Kier alpha value is -3.00. The third kappa shape index (κ3) is 4.69. The van der Waals surface area contributed by atoms with Crippen LogP contribution in [0.5, 0.6) is 0 Å². The van der Waals surface area contributed by atoms with E-state index in [1.807, 2.05) is 25.5 Å². The van der Waals surface area contributed by atoms with Gasteiger partial charge in [0.15, 0.2) is 5.65 Å². The van der Waals surface area contributed by atoms with Gasteiger partial charge in [0, 0.05) is 6.20 Å². The van der Waals surface area contributed by atoms with Crippen molar-refractivity contribution < 1.29 is 14.6 Å². The zero-order chi connectivity index (χ0) is 22.0. The van der Waals surface area contributed by atoms with Gasteiger partial charge in [0.05, 0.1) is 29.9 Å². The number of ether oxygens (including phenoxy) is 1. The fraction of sp³-hybridized carbons (Fsp3) is 0.478. The molecule has 3 aromatic rings. The maximum absolute atomic E-state index is 13.1. The zero-order valence-electron chi connectivity index (χ0n) is 18.3. The second-order valence-electron chi connectivity index (χ2n) is 8.97. The number of nitrogens with zero attached hydrogens (tertiary/aromatic N) is 5. The molecule has 8 nitrogen and oxygen atoms in total. The summed E-state index contributed by atoms with van der Waals surface area (Å²) in [5, 5.41) is 14.8. The maximum Gasteiger partial charge on any atom is 0.421 e. The molecule has 2 aromatic heterocycles. The summed E-state index contributed by atoms with van der Waals surface area (Å²) >= 11 is 0. The second-order valence-corrected chi connectivity index (χ2v) is 8.97. The van der Waals surface area contributed by atoms with E-state index < -0.39 is 11.7 Å². The molecule has 2 heterocycles. The fourth-order valence-electron chi connectivity index (χ4n) is 3.89. The molecule has 8 heteroatoms. The predicted molar refractivity (Wildman–Crippen MR) is 118 cm³/mol. The van der Waals surface area contributed by atoms with E-state index in [1.54, 1.807) is 36.7 Å². The number of aliphatic hydroxyl groups is 1. The van der Waals surface area contributed by atoms with E-state index in [1.165, 1.54) is 24.2 Å². The first-order valence-corrected chi connectivity index (χ1v) is 10.8. The maximum atomic E-state index is 13.1. The van der Waals surface area contributed by atoms with Crippen LogP contribution in [0.3, 0.4) is 0 Å². The van der Waals surface area contributed by atoms with Crippen molar-refractivity contribution in [3.05, 3.63) is 42.2 Å². The highest BCUT2D eigenvalue weighted by Gasteiger charge is 2.28. The van der Waals surface area contributed by atoms with Gasteiger partial charge in [0.25, 0.3) is 0 Å². The number of rotatable bonds is 4. The largest absolute Gasteiger partial charge is 0.443 e. The van der Waals surface area contributed by atoms with Crippen LogP contribution in [0.1, 0.15) is 64.5 Å². The number of benzene rings is 1. The number of aromatic nitrogens is 4. The number of aliphatic hydroxyl groups excluding tert-OH is 1. The lowest BCUT2D eigenvalue weighted by Crippen LogP contribution is -2.34. The monoisotopic (exact) mass is 423 g/mol. The van der Waals surface area contributed by atoms with Crippen molar-refractivity contribution in [1.82, 2.24) is 19.7 Å². The van der Waals surface area contributed by atoms with Gasteiger partial charge >= 0.3 is 6.09 Å². The SMILES string of the molecule is CC(C)(C)OC(=O)N(c1ccc(CO)cc1)c1ncc2cnn(C3CCCCC3)c2n1. The van der Waals surface area contributed by atoms with Crippen molar-refractivity contribution in [2.75, 3.05) is 4.90 Å². The average Bonchev–Trinajstić information content (AvgIpc) is 3.17. The van der Waals surface area contributed by atoms with E-state index in [9.17, 15) is 9.90 Å². The minimum atomic E-state index is -0.672. The van der Waals surface area contributed by atoms with Crippen LogP contribution in [0.15, 0.2) is 36.7 Å². The first-order valence-electron chi connectivity index (χ1n) is 10.8. The van der Waals surface area contributed by atoms with Crippen molar-refractivity contribution >= 4 is 28.8 Å². The van der Waals surface area contributed by atoms with Crippen molar-refractivity contribution in [3.63, 3.8) is 0 Å². The van der Waals surface area contributed by atoms with Crippen LogP contribution < -0.4 is 4.90 Å². The normalized spacial score (nSPS) is 15.2. The molecule has 0 radical (unpaired) electrons. The average molecular weight is 424 g/mol. The molecule has 1 amide bonds. The molecular formula is C23H29N5O3. The summed E-state index contributed by atoms with van der Waals surface area (Å²) in [6.45, 7) is 5.39. The van der Waals surface area contributed by atoms with Crippen LogP contribution in [0.4, 0.5) is 16.4 Å². The highest BCUT2D eigenvalue weighted by atomic mass is 16.6. The van der Waals surface area contributed by atoms with Gasteiger partial charge in [-0.1, -0.05) is 31.4 Å². The zero-order valence-corrected chi connectivity index (χ0v) is 18.3. The van der Waals surface area contributed by atoms with Gasteiger partial charge in [-0.25, -0.2) is 19.4 Å². The Morgan fingerprint density at radius 1 is 1.16 bits per heavy atom. The minimum Gasteiger partial charge on any atom is -0.443 e. The Morgan fingerprint density at radius 2 is 1.87 bits per heavy atom. The van der Waals surface area contributed by atoms with E-state index in [4.69, 9.17) is 9.72 Å². The molecule has 1 aromatic carbocycles. The van der Waals surface area contributed by atoms with Crippen LogP contribution in [-0.4, -0.2) is 36.5 Å². The first kappa shape index (κ1) is 21.2. The molecule has 0 saturated heterocycles. The Balaban J connectivity index is 1.76. The van der Waals surface area contributed by atoms with Gasteiger partial charge in [0.1, 0.15) is 5.60 Å². The molecule has 1 aliphatic carbocycles. The van der Waals surface area contributed by atoms with Gasteiger partial charge < -0.3 is 9.84 Å². The van der Waals surface area contributed by atoms with Crippen LogP contribution in [-0.2, 0) is 11.3 Å². The number of fused-ring (bicyclic) bond motifs is 1. The van der Waals surface area contributed by atoms with Crippen LogP contribution in [0.2, 0.25) is 0 Å². The molecule has 1 fully saturated rings. The quantitative estimate of drug-likeness (QED) is 0.642. The number of hydrogen-bond donors (Lipinski definition) is 1. The van der Waals surface area contributed by atoms with Crippen molar-refractivity contribution in [2.24, 2.45) is 0 Å². The Labute approximate surface area is 181 Å². The molecule has 164 valence electrons. The van der Waals surface area contributed by atoms with Crippen LogP contribution in [0, 0.1) is 0 Å². The molecule has 1 aliphatic rings. The van der Waals surface area contributed by atoms with Crippen LogP contribution >= 0.6 is 0 Å². The smallest absolute Gasteiger partial charge is 0.421 e. The van der Waals surface area contributed by atoms with Crippen molar-refractivity contribution in [2.45, 2.75) is 71.1 Å². The van der Waals surface area contributed by atoms with Crippen LogP contribution in [0.25, 0.3) is 11.0 Å². The molecule has 0 aliphatic heterocycles. The lowest BCUT2D eigenvalue weighted by molar-refractivity contribution is 0.0597. The molecule has 0 atom stereocenters. The molecular weight excluding hydrogens is 394 g/mol. The van der Waals surface area contributed by atoms with Gasteiger partial charge in [-0.3, -0.25) is 0 Å². The molecule has 1 N–H and O–H groups in total. The number of hydrogen-bond acceptors (Lipinski definition) is 6. The fourth-order valence-corrected chi connectivity index (χ4v) is 3.89. The number of anilines is 2. The Kier molecular flexibility index (Phi) is 5.91. The summed E-state index contributed by atoms with van der Waals surface area (Å²) in [5.41, 5.74) is 1.36. The van der Waals surface area contributed by atoms with E-state index in [2.05, 4.69) is 10.1 Å². The second kappa shape index (κ2) is 8.63. The van der Waals surface area contributed by atoms with Crippen molar-refractivity contribution in [1.29, 1.82) is 0 Å². The summed E-state index contributed by atoms with van der Waals surface area (Å²) in [5.74, 6) is 0.232. The summed E-state index contributed by atoms with van der Waals surface area (Å²) in [6, 6.07) is 7.34. The summed E-state index contributed by atoms with van der Waals surface area (Å²) in [4.78, 5) is 23.7. The number of carbonyl (C=O) groups excluding carboxylic acids is 1. The lowest BCUT2D eigenvalue weighted by atomic mass is 9.96. The number of amides is 1. The molecule has 0 spiro atoms. The summed E-state index contributed by atoms with van der Waals surface area (Å²) in [6.07, 6.45) is 8.70. The molecule has 0 bridgehead atoms. The van der Waals surface area contributed by atoms with E-state index >= 15 is 0 Å². The highest BCUT2D eigenvalue weighted by molar-refractivity contribution is 5.95. The summed E-state index contributed by atoms with van der Waals surface area (Å²) in [7, 11) is 0. The van der Waals surface area contributed by atoms with Gasteiger partial charge in [-0.15, -0.1) is 0 Å². The van der Waals surface area contributed by atoms with E-state index in [0.29, 0.717) is 11.7 Å². The highest BCUT2D eigenvalue weighted by Crippen LogP contribution is 2.31. The summed E-state index contributed by atoms with van der Waals surface area (Å²) < 4.78 is 7.61. The lowest BCUT2D eigenvalue weighted by Gasteiger charge is -2.26. The number of carbonyl (C=O) groups is 1. The molecule has 0 unspecified atom stereocenters. The Morgan fingerprint density at radius 3 is 2.52 bits per heavy atom. The van der Waals surface area contributed by atoms with Gasteiger partial charge in [0.2, 0.25) is 5.95 Å². The van der Waals surface area contributed by atoms with E-state index in [-0.39, 0.29) is 12.6 Å². The van der Waals surface area contributed by atoms with Gasteiger partial charge in [-0.05, 0) is 51.3 Å². The van der Waals surface area contributed by atoms with Crippen molar-refractivity contribution in [3.8, 4) is 0 Å². The first-order chi connectivity index (χ1) is 14.9. The Bertz CT molecular complexity index is 1050. The molecule has 1 saturated carbocycles. The molecule has 31 heavy (non-hydrogen) atoms. The minimum absolute atomic E-state index is 0.0737. The third-order valence-electron chi connectivity index (χ3n) is 5.40. The standard InChI is InChI=1S/C23H29N5O3/c1-23(2,3)31-22(30)27(18-11-9-16(15-29)10-12-18)21-24-13-17-14-25-28(20(17)26-21)19-7-5-4-6-8-19/h9-14,19,29H,4-8,15H2,1-3H3.